The van der Waals surface area contributed by atoms with E-state index in [4.69, 9.17) is 10.8 Å². The summed E-state index contributed by atoms with van der Waals surface area (Å²) < 4.78 is 0. The number of benzene rings is 2. The van der Waals surface area contributed by atoms with Crippen LogP contribution in [0.25, 0.3) is 0 Å². The van der Waals surface area contributed by atoms with Crippen LogP contribution in [-0.2, 0) is 10.8 Å². The average Bonchev–Trinajstić information content (AvgIpc) is 3.54. The van der Waals surface area contributed by atoms with Crippen molar-refractivity contribution in [3.8, 4) is 0 Å². The van der Waals surface area contributed by atoms with E-state index in [0.717, 1.165) is 17.7 Å². The van der Waals surface area contributed by atoms with Gasteiger partial charge in [0.1, 0.15) is 12.7 Å². The number of hydrogen-bond donors (Lipinski definition) is 5. The van der Waals surface area contributed by atoms with Crippen molar-refractivity contribution < 1.29 is 14.7 Å². The summed E-state index contributed by atoms with van der Waals surface area (Å²) in [5.41, 5.74) is 10.0. The number of carboxylic acid groups (broad SMARTS) is 1. The van der Waals surface area contributed by atoms with Gasteiger partial charge in [0, 0.05) is 11.4 Å². The van der Waals surface area contributed by atoms with Crippen LogP contribution >= 0.6 is 0 Å². The first-order valence-corrected chi connectivity index (χ1v) is 11.5. The maximum absolute atomic E-state index is 11.7. The molecule has 11 heteroatoms. The monoisotopic (exact) mass is 506 g/mol. The number of H-pyrrole nitrogens is 2. The molecule has 0 unspecified atom stereocenters. The second-order valence-corrected chi connectivity index (χ2v) is 10.1. The quantitative estimate of drug-likeness (QED) is 0.254. The number of aromatic nitrogens is 6. The Labute approximate surface area is 216 Å². The van der Waals surface area contributed by atoms with E-state index in [1.54, 1.807) is 0 Å². The Kier molecular flexibility index (Phi) is 9.64. The third-order valence-electron chi connectivity index (χ3n) is 5.03. The lowest BCUT2D eigenvalue weighted by molar-refractivity contribution is 0.0684. The fourth-order valence-corrected chi connectivity index (χ4v) is 2.85. The molecule has 0 radical (unpaired) electrons. The number of hydrogen-bond acceptors (Lipinski definition) is 7. The van der Waals surface area contributed by atoms with Crippen LogP contribution in [0.3, 0.4) is 0 Å². The molecule has 0 bridgehead atoms. The molecule has 196 valence electrons. The first-order valence-electron chi connectivity index (χ1n) is 11.5. The third-order valence-corrected chi connectivity index (χ3v) is 5.03. The number of nitrogen functional groups attached to an aromatic ring is 1. The molecule has 2 heterocycles. The van der Waals surface area contributed by atoms with E-state index in [-0.39, 0.29) is 28.4 Å². The predicted octanol–water partition coefficient (Wildman–Crippen LogP) is 4.42. The number of aromatic carboxylic acids is 1. The topological polar surface area (TPSA) is 176 Å². The highest BCUT2D eigenvalue weighted by atomic mass is 16.4. The summed E-state index contributed by atoms with van der Waals surface area (Å²) >= 11 is 0. The summed E-state index contributed by atoms with van der Waals surface area (Å²) in [6.07, 6.45) is 2.45. The molecule has 0 atom stereocenters. The molecule has 0 aliphatic rings. The fraction of sp³-hybridized carbons (Fsp3) is 0.308. The van der Waals surface area contributed by atoms with Crippen molar-refractivity contribution in [2.24, 2.45) is 0 Å². The zero-order valence-electron chi connectivity index (χ0n) is 21.9. The number of carbonyl (C=O) groups excluding carboxylic acids is 1. The van der Waals surface area contributed by atoms with Crippen molar-refractivity contribution in [2.75, 3.05) is 11.1 Å². The number of nitrogens with two attached hydrogens (primary N) is 1. The van der Waals surface area contributed by atoms with Gasteiger partial charge in [-0.25, -0.2) is 14.8 Å². The van der Waals surface area contributed by atoms with E-state index in [1.807, 2.05) is 36.4 Å². The minimum atomic E-state index is -1.09. The van der Waals surface area contributed by atoms with Crippen molar-refractivity contribution in [2.45, 2.75) is 52.4 Å². The van der Waals surface area contributed by atoms with Gasteiger partial charge < -0.3 is 16.2 Å². The number of amides is 1. The zero-order valence-corrected chi connectivity index (χ0v) is 21.9. The summed E-state index contributed by atoms with van der Waals surface area (Å²) in [5, 5.41) is 22.5. The third kappa shape index (κ3) is 9.55. The smallest absolute Gasteiger partial charge is 0.373 e. The van der Waals surface area contributed by atoms with Gasteiger partial charge >= 0.3 is 5.97 Å². The first kappa shape index (κ1) is 28.7. The Morgan fingerprint density at radius 1 is 0.757 bits per heavy atom. The van der Waals surface area contributed by atoms with Crippen LogP contribution < -0.4 is 11.1 Å². The molecule has 0 spiro atoms. The molecule has 4 rings (SSSR count). The lowest BCUT2D eigenvalue weighted by atomic mass is 9.87. The number of rotatable bonds is 3. The maximum Gasteiger partial charge on any atom is 0.373 e. The minimum absolute atomic E-state index is 0.105. The van der Waals surface area contributed by atoms with E-state index < -0.39 is 5.97 Å². The van der Waals surface area contributed by atoms with E-state index >= 15 is 0 Å². The summed E-state index contributed by atoms with van der Waals surface area (Å²) in [6, 6.07) is 15.8. The average molecular weight is 507 g/mol. The van der Waals surface area contributed by atoms with Crippen molar-refractivity contribution in [3.05, 3.63) is 84.0 Å². The van der Waals surface area contributed by atoms with Crippen molar-refractivity contribution in [1.29, 1.82) is 0 Å². The Bertz CT molecular complexity index is 1240. The summed E-state index contributed by atoms with van der Waals surface area (Å²) in [7, 11) is 0. The maximum atomic E-state index is 11.7. The van der Waals surface area contributed by atoms with E-state index in [1.165, 1.54) is 17.5 Å². The lowest BCUT2D eigenvalue weighted by Gasteiger charge is -2.19. The van der Waals surface area contributed by atoms with Gasteiger partial charge in [-0.15, -0.1) is 0 Å². The largest absolute Gasteiger partial charge is 0.475 e. The number of nitrogens with zero attached hydrogens (tertiary/aromatic N) is 4. The van der Waals surface area contributed by atoms with Gasteiger partial charge in [0.05, 0.1) is 0 Å². The molecule has 37 heavy (non-hydrogen) atoms. The molecular weight excluding hydrogens is 472 g/mol. The highest BCUT2D eigenvalue weighted by Crippen LogP contribution is 2.24. The van der Waals surface area contributed by atoms with Gasteiger partial charge in [0.25, 0.3) is 5.91 Å². The molecular formula is C26H34N8O3. The van der Waals surface area contributed by atoms with Crippen LogP contribution in [0.1, 0.15) is 73.9 Å². The van der Waals surface area contributed by atoms with Crippen molar-refractivity contribution >= 4 is 23.3 Å². The Morgan fingerprint density at radius 2 is 1.19 bits per heavy atom. The van der Waals surface area contributed by atoms with Gasteiger partial charge in [-0.05, 0) is 46.2 Å². The molecule has 6 N–H and O–H groups in total. The molecule has 11 nitrogen and oxygen atoms in total. The molecule has 0 saturated heterocycles. The molecule has 4 aromatic rings. The highest BCUT2D eigenvalue weighted by molar-refractivity contribution is 6.01. The Hall–Kier alpha value is -4.54. The number of carboxylic acids is 1. The molecule has 2 aromatic carbocycles. The SMILES string of the molecule is CC(C)(C)c1ccc(N)cc1.CC(C)(C)c1ccc(NC(=O)c2ncn[nH]2)cc1.O=C(O)c1ncn[nH]1. The first-order chi connectivity index (χ1) is 17.3. The fourth-order valence-electron chi connectivity index (χ4n) is 2.85. The predicted molar refractivity (Wildman–Crippen MR) is 142 cm³/mol. The van der Waals surface area contributed by atoms with Gasteiger partial charge in [0.15, 0.2) is 0 Å². The van der Waals surface area contributed by atoms with Gasteiger partial charge in [-0.1, -0.05) is 65.8 Å². The number of anilines is 2. The van der Waals surface area contributed by atoms with Crippen LogP contribution in [-0.4, -0.2) is 47.3 Å². The van der Waals surface area contributed by atoms with Crippen LogP contribution in [0.5, 0.6) is 0 Å². The van der Waals surface area contributed by atoms with Crippen LogP contribution in [0.2, 0.25) is 0 Å². The van der Waals surface area contributed by atoms with E-state index in [0.29, 0.717) is 0 Å². The number of nitrogens with one attached hydrogen (secondary N) is 3. The second-order valence-electron chi connectivity index (χ2n) is 10.1. The lowest BCUT2D eigenvalue weighted by Crippen LogP contribution is -2.14. The van der Waals surface area contributed by atoms with Gasteiger partial charge in [-0.3, -0.25) is 15.0 Å². The number of carbonyl (C=O) groups is 2. The van der Waals surface area contributed by atoms with Crippen molar-refractivity contribution in [3.63, 3.8) is 0 Å². The Morgan fingerprint density at radius 3 is 1.54 bits per heavy atom. The Balaban J connectivity index is 0.000000215. The van der Waals surface area contributed by atoms with Crippen LogP contribution in [0.15, 0.2) is 61.2 Å². The highest BCUT2D eigenvalue weighted by Gasteiger charge is 2.14. The van der Waals surface area contributed by atoms with E-state index in [2.05, 4.69) is 89.4 Å². The molecule has 0 fully saturated rings. The second kappa shape index (κ2) is 12.4. The zero-order chi connectivity index (χ0) is 27.6. The van der Waals surface area contributed by atoms with Crippen LogP contribution in [0.4, 0.5) is 11.4 Å². The molecule has 2 aromatic heterocycles. The van der Waals surface area contributed by atoms with E-state index in [9.17, 15) is 9.59 Å². The summed E-state index contributed by atoms with van der Waals surface area (Å²) in [6.45, 7) is 13.0. The molecule has 0 saturated carbocycles. The standard InChI is InChI=1S/C13H16N4O.C10H15N.C3H3N3O2/c1-13(2,3)9-4-6-10(7-5-9)16-12(18)11-14-8-15-17-11;1-10(2,3)8-4-6-9(11)7-5-8;7-3(8)2-4-1-5-6-2/h4-8H,1-3H3,(H,16,18)(H,14,15,17);4-7H,11H2,1-3H3;1H,(H,7,8)(H,4,5,6). The molecule has 0 aliphatic heterocycles. The normalized spacial score (nSPS) is 10.9. The van der Waals surface area contributed by atoms with Gasteiger partial charge in [0.2, 0.25) is 11.6 Å². The van der Waals surface area contributed by atoms with Crippen LogP contribution in [0, 0.1) is 0 Å². The molecule has 0 aliphatic carbocycles. The minimum Gasteiger partial charge on any atom is -0.475 e. The molecule has 1 amide bonds. The number of aromatic amines is 2. The summed E-state index contributed by atoms with van der Waals surface area (Å²) in [5.74, 6) is -1.32. The van der Waals surface area contributed by atoms with Crippen molar-refractivity contribution in [1.82, 2.24) is 30.4 Å². The van der Waals surface area contributed by atoms with Gasteiger partial charge in [-0.2, -0.15) is 10.2 Å². The summed E-state index contributed by atoms with van der Waals surface area (Å²) in [4.78, 5) is 28.8.